The van der Waals surface area contributed by atoms with Gasteiger partial charge < -0.3 is 15.4 Å². The predicted octanol–water partition coefficient (Wildman–Crippen LogP) is 4.23. The van der Waals surface area contributed by atoms with Crippen molar-refractivity contribution in [3.05, 3.63) is 75.4 Å². The van der Waals surface area contributed by atoms with Gasteiger partial charge in [-0.25, -0.2) is 0 Å². The molecule has 1 aliphatic carbocycles. The van der Waals surface area contributed by atoms with E-state index >= 15 is 0 Å². The molecule has 2 N–H and O–H groups in total. The van der Waals surface area contributed by atoms with Crippen LogP contribution in [0.25, 0.3) is 0 Å². The molecule has 2 heterocycles. The van der Waals surface area contributed by atoms with Crippen LogP contribution in [0.2, 0.25) is 5.02 Å². The third-order valence-electron chi connectivity index (χ3n) is 4.76. The highest BCUT2D eigenvalue weighted by Crippen LogP contribution is 2.39. The summed E-state index contributed by atoms with van der Waals surface area (Å²) in [5.74, 6) is 0.0519. The first-order valence-corrected chi connectivity index (χ1v) is 10.8. The normalized spacial score (nSPS) is 12.3. The minimum atomic E-state index is -0.314. The molecule has 30 heavy (non-hydrogen) atoms. The Balaban J connectivity index is 1.43. The number of amides is 2. The van der Waals surface area contributed by atoms with Gasteiger partial charge in [0.05, 0.1) is 5.56 Å². The van der Waals surface area contributed by atoms with Crippen LogP contribution in [-0.4, -0.2) is 23.4 Å². The van der Waals surface area contributed by atoms with Gasteiger partial charge in [0.2, 0.25) is 0 Å². The minimum absolute atomic E-state index is 0.152. The van der Waals surface area contributed by atoms with Gasteiger partial charge >= 0.3 is 0 Å². The fraction of sp³-hybridized carbons (Fsp3) is 0.227. The number of benzene rings is 1. The van der Waals surface area contributed by atoms with Crippen LogP contribution in [0.15, 0.2) is 48.8 Å². The van der Waals surface area contributed by atoms with Crippen LogP contribution in [-0.2, 0) is 24.2 Å². The third-order valence-corrected chi connectivity index (χ3v) is 6.22. The van der Waals surface area contributed by atoms with Crippen LogP contribution in [0, 0.1) is 0 Å². The molecule has 0 saturated carbocycles. The average Bonchev–Trinajstić information content (AvgIpc) is 3.33. The number of nitrogens with zero attached hydrogens (tertiary/aromatic N) is 1. The Hall–Kier alpha value is -2.90. The maximum absolute atomic E-state index is 12.9. The van der Waals surface area contributed by atoms with Gasteiger partial charge in [-0.2, -0.15) is 0 Å². The van der Waals surface area contributed by atoms with E-state index in [4.69, 9.17) is 16.3 Å². The van der Waals surface area contributed by atoms with Gasteiger partial charge in [-0.1, -0.05) is 17.7 Å². The van der Waals surface area contributed by atoms with Crippen molar-refractivity contribution in [1.29, 1.82) is 0 Å². The molecule has 4 rings (SSSR count). The number of carbonyl (C=O) groups is 2. The van der Waals surface area contributed by atoms with Crippen LogP contribution >= 0.6 is 22.9 Å². The number of ether oxygens (including phenoxy) is 1. The Morgan fingerprint density at radius 2 is 2.00 bits per heavy atom. The lowest BCUT2D eigenvalue weighted by atomic mass is 10.1. The van der Waals surface area contributed by atoms with Crippen molar-refractivity contribution in [3.8, 4) is 5.75 Å². The lowest BCUT2D eigenvalue weighted by Crippen LogP contribution is -2.26. The second kappa shape index (κ2) is 9.28. The zero-order valence-electron chi connectivity index (χ0n) is 16.1. The molecule has 2 amide bonds. The van der Waals surface area contributed by atoms with Crippen LogP contribution in [0.4, 0.5) is 5.00 Å². The van der Waals surface area contributed by atoms with E-state index in [1.165, 1.54) is 11.3 Å². The number of aromatic nitrogens is 1. The SMILES string of the molecule is O=C(COc1ccc(Cl)cc1)Nc1sc2c(c1C(=O)NCc1cccnc1)CCC2. The number of hydrogen-bond donors (Lipinski definition) is 2. The van der Waals surface area contributed by atoms with Crippen LogP contribution in [0.1, 0.15) is 32.8 Å². The fourth-order valence-electron chi connectivity index (χ4n) is 3.35. The maximum atomic E-state index is 12.9. The van der Waals surface area contributed by atoms with Crippen molar-refractivity contribution in [2.45, 2.75) is 25.8 Å². The zero-order chi connectivity index (χ0) is 20.9. The van der Waals surface area contributed by atoms with Gasteiger partial charge in [-0.15, -0.1) is 11.3 Å². The van der Waals surface area contributed by atoms with E-state index in [0.717, 1.165) is 35.3 Å². The molecule has 3 aromatic rings. The van der Waals surface area contributed by atoms with E-state index in [9.17, 15) is 9.59 Å². The summed E-state index contributed by atoms with van der Waals surface area (Å²) in [6.07, 6.45) is 6.21. The average molecular weight is 442 g/mol. The summed E-state index contributed by atoms with van der Waals surface area (Å²) in [6, 6.07) is 10.5. The molecule has 1 aliphatic rings. The zero-order valence-corrected chi connectivity index (χ0v) is 17.7. The Morgan fingerprint density at radius 3 is 2.77 bits per heavy atom. The number of pyridine rings is 1. The van der Waals surface area contributed by atoms with Crippen molar-refractivity contribution in [3.63, 3.8) is 0 Å². The molecule has 2 aromatic heterocycles. The first-order chi connectivity index (χ1) is 14.6. The number of anilines is 1. The number of nitrogens with one attached hydrogen (secondary N) is 2. The summed E-state index contributed by atoms with van der Waals surface area (Å²) in [5, 5.41) is 6.97. The summed E-state index contributed by atoms with van der Waals surface area (Å²) in [4.78, 5) is 30.6. The van der Waals surface area contributed by atoms with Crippen molar-refractivity contribution in [2.24, 2.45) is 0 Å². The molecule has 8 heteroatoms. The fourth-order valence-corrected chi connectivity index (χ4v) is 4.78. The Kier molecular flexibility index (Phi) is 6.30. The quantitative estimate of drug-likeness (QED) is 0.575. The number of rotatable bonds is 7. The molecule has 0 aliphatic heterocycles. The molecule has 1 aromatic carbocycles. The highest BCUT2D eigenvalue weighted by atomic mass is 35.5. The smallest absolute Gasteiger partial charge is 0.262 e. The van der Waals surface area contributed by atoms with Crippen LogP contribution < -0.4 is 15.4 Å². The van der Waals surface area contributed by atoms with Gasteiger partial charge in [0.1, 0.15) is 10.8 Å². The van der Waals surface area contributed by atoms with E-state index < -0.39 is 0 Å². The van der Waals surface area contributed by atoms with E-state index in [0.29, 0.717) is 27.9 Å². The largest absolute Gasteiger partial charge is 0.484 e. The first kappa shape index (κ1) is 20.4. The van der Waals surface area contributed by atoms with E-state index in [-0.39, 0.29) is 18.4 Å². The summed E-state index contributed by atoms with van der Waals surface area (Å²) in [7, 11) is 0. The molecule has 0 atom stereocenters. The van der Waals surface area contributed by atoms with Crippen LogP contribution in [0.3, 0.4) is 0 Å². The van der Waals surface area contributed by atoms with Crippen molar-refractivity contribution in [2.75, 3.05) is 11.9 Å². The highest BCUT2D eigenvalue weighted by molar-refractivity contribution is 7.17. The summed E-state index contributed by atoms with van der Waals surface area (Å²) >= 11 is 7.33. The van der Waals surface area contributed by atoms with Gasteiger partial charge in [-0.3, -0.25) is 14.6 Å². The van der Waals surface area contributed by atoms with Crippen LogP contribution in [0.5, 0.6) is 5.75 Å². The highest BCUT2D eigenvalue weighted by Gasteiger charge is 2.27. The molecule has 0 unspecified atom stereocenters. The predicted molar refractivity (Wildman–Crippen MR) is 117 cm³/mol. The lowest BCUT2D eigenvalue weighted by Gasteiger charge is -2.10. The topological polar surface area (TPSA) is 80.3 Å². The van der Waals surface area contributed by atoms with Crippen molar-refractivity contribution >= 4 is 39.8 Å². The summed E-state index contributed by atoms with van der Waals surface area (Å²) in [6.45, 7) is 0.227. The maximum Gasteiger partial charge on any atom is 0.262 e. The molecular formula is C22H20ClN3O3S. The standard InChI is InChI=1S/C22H20ClN3O3S/c23-15-6-8-16(9-7-15)29-13-19(27)26-22-20(17-4-1-5-18(17)30-22)21(28)25-12-14-3-2-10-24-11-14/h2-3,6-11H,1,4-5,12-13H2,(H,25,28)(H,26,27). The Labute approximate surface area is 183 Å². The van der Waals surface area contributed by atoms with Crippen molar-refractivity contribution in [1.82, 2.24) is 10.3 Å². The molecule has 154 valence electrons. The number of carbonyl (C=O) groups excluding carboxylic acids is 2. The molecule has 6 nitrogen and oxygen atoms in total. The molecule has 0 fully saturated rings. The molecule has 0 radical (unpaired) electrons. The van der Waals surface area contributed by atoms with Gasteiger partial charge in [0.25, 0.3) is 11.8 Å². The molecule has 0 saturated heterocycles. The molecular weight excluding hydrogens is 422 g/mol. The summed E-state index contributed by atoms with van der Waals surface area (Å²) < 4.78 is 5.50. The second-order valence-corrected chi connectivity index (χ2v) is 8.44. The third kappa shape index (κ3) is 4.80. The number of fused-ring (bicyclic) bond motifs is 1. The van der Waals surface area contributed by atoms with Gasteiger partial charge in [0.15, 0.2) is 6.61 Å². The van der Waals surface area contributed by atoms with Gasteiger partial charge in [-0.05, 0) is 60.7 Å². The number of hydrogen-bond acceptors (Lipinski definition) is 5. The van der Waals surface area contributed by atoms with E-state index in [1.807, 2.05) is 12.1 Å². The minimum Gasteiger partial charge on any atom is -0.484 e. The second-order valence-electron chi connectivity index (χ2n) is 6.90. The Morgan fingerprint density at radius 1 is 1.17 bits per heavy atom. The Bertz CT molecular complexity index is 1050. The van der Waals surface area contributed by atoms with E-state index in [1.54, 1.807) is 36.7 Å². The number of thiophene rings is 1. The lowest BCUT2D eigenvalue weighted by molar-refractivity contribution is -0.118. The first-order valence-electron chi connectivity index (χ1n) is 9.60. The van der Waals surface area contributed by atoms with E-state index in [2.05, 4.69) is 15.6 Å². The van der Waals surface area contributed by atoms with Crippen molar-refractivity contribution < 1.29 is 14.3 Å². The van der Waals surface area contributed by atoms with Gasteiger partial charge in [0, 0.05) is 28.8 Å². The summed E-state index contributed by atoms with van der Waals surface area (Å²) in [5.41, 5.74) is 2.52. The molecule has 0 spiro atoms. The number of aryl methyl sites for hydroxylation is 1. The molecule has 0 bridgehead atoms. The number of halogens is 1. The monoisotopic (exact) mass is 441 g/mol.